The van der Waals surface area contributed by atoms with E-state index >= 15 is 0 Å². The van der Waals surface area contributed by atoms with Gasteiger partial charge < -0.3 is 15.4 Å². The van der Waals surface area contributed by atoms with E-state index in [1.54, 1.807) is 17.5 Å². The predicted octanol–water partition coefficient (Wildman–Crippen LogP) is 2.61. The van der Waals surface area contributed by atoms with Gasteiger partial charge in [-0.25, -0.2) is 0 Å². The molecule has 0 aliphatic heterocycles. The maximum atomic E-state index is 11.8. The SMILES string of the molecule is O=C(COC(=O)CCNC(=O)c1cccs1)Nc1cc([N+](=O)[O-])ccc1Cl. The number of hydrogen-bond donors (Lipinski definition) is 2. The Kier molecular flexibility index (Phi) is 7.26. The molecular formula is C16H14ClN3O6S. The number of carbonyl (C=O) groups excluding carboxylic acids is 3. The summed E-state index contributed by atoms with van der Waals surface area (Å²) in [6, 6.07) is 6.96. The second-order valence-corrected chi connectivity index (χ2v) is 6.47. The average molecular weight is 412 g/mol. The van der Waals surface area contributed by atoms with Crippen LogP contribution in [-0.2, 0) is 14.3 Å². The highest BCUT2D eigenvalue weighted by molar-refractivity contribution is 7.12. The minimum Gasteiger partial charge on any atom is -0.456 e. The average Bonchev–Trinajstić information content (AvgIpc) is 3.16. The molecule has 11 heteroatoms. The summed E-state index contributed by atoms with van der Waals surface area (Å²) in [5.74, 6) is -1.68. The van der Waals surface area contributed by atoms with Crippen LogP contribution in [0.25, 0.3) is 0 Å². The van der Waals surface area contributed by atoms with Gasteiger partial charge in [0.15, 0.2) is 6.61 Å². The van der Waals surface area contributed by atoms with Gasteiger partial charge in [0, 0.05) is 18.7 Å². The number of non-ortho nitro benzene ring substituents is 1. The molecule has 0 saturated carbocycles. The van der Waals surface area contributed by atoms with Gasteiger partial charge in [-0.1, -0.05) is 17.7 Å². The summed E-state index contributed by atoms with van der Waals surface area (Å²) in [5, 5.41) is 17.5. The van der Waals surface area contributed by atoms with Crippen LogP contribution in [0, 0.1) is 10.1 Å². The Morgan fingerprint density at radius 1 is 1.26 bits per heavy atom. The highest BCUT2D eigenvalue weighted by Crippen LogP contribution is 2.26. The Bertz CT molecular complexity index is 856. The number of nitro groups is 1. The van der Waals surface area contributed by atoms with Crippen LogP contribution < -0.4 is 10.6 Å². The van der Waals surface area contributed by atoms with Crippen LogP contribution in [-0.4, -0.2) is 35.9 Å². The fourth-order valence-corrected chi connectivity index (χ4v) is 2.70. The molecule has 1 aromatic carbocycles. The molecule has 2 amide bonds. The number of hydrogen-bond acceptors (Lipinski definition) is 7. The molecule has 0 fully saturated rings. The third-order valence-electron chi connectivity index (χ3n) is 3.16. The third kappa shape index (κ3) is 6.35. The maximum Gasteiger partial charge on any atom is 0.308 e. The van der Waals surface area contributed by atoms with Crippen LogP contribution in [0.5, 0.6) is 0 Å². The molecule has 142 valence electrons. The van der Waals surface area contributed by atoms with Crippen molar-refractivity contribution in [3.05, 3.63) is 55.7 Å². The number of amides is 2. The van der Waals surface area contributed by atoms with E-state index in [4.69, 9.17) is 16.3 Å². The Labute approximate surface area is 162 Å². The lowest BCUT2D eigenvalue weighted by atomic mass is 10.3. The van der Waals surface area contributed by atoms with Crippen molar-refractivity contribution in [3.63, 3.8) is 0 Å². The summed E-state index contributed by atoms with van der Waals surface area (Å²) in [6.07, 6.45) is -0.109. The third-order valence-corrected chi connectivity index (χ3v) is 4.36. The van der Waals surface area contributed by atoms with Gasteiger partial charge in [0.05, 0.1) is 26.9 Å². The van der Waals surface area contributed by atoms with Crippen LogP contribution in [0.2, 0.25) is 5.02 Å². The van der Waals surface area contributed by atoms with Crippen molar-refractivity contribution in [2.45, 2.75) is 6.42 Å². The monoisotopic (exact) mass is 411 g/mol. The number of carbonyl (C=O) groups is 3. The highest BCUT2D eigenvalue weighted by atomic mass is 35.5. The van der Waals surface area contributed by atoms with Gasteiger partial charge in [-0.3, -0.25) is 24.5 Å². The van der Waals surface area contributed by atoms with Gasteiger partial charge in [0.2, 0.25) is 0 Å². The van der Waals surface area contributed by atoms with E-state index in [2.05, 4.69) is 10.6 Å². The molecule has 0 saturated heterocycles. The van der Waals surface area contributed by atoms with Gasteiger partial charge >= 0.3 is 5.97 Å². The lowest BCUT2D eigenvalue weighted by Crippen LogP contribution is -2.27. The summed E-state index contributed by atoms with van der Waals surface area (Å²) in [5.41, 5.74) is -0.205. The summed E-state index contributed by atoms with van der Waals surface area (Å²) >= 11 is 7.14. The molecule has 0 aliphatic carbocycles. The fourth-order valence-electron chi connectivity index (χ4n) is 1.90. The zero-order valence-corrected chi connectivity index (χ0v) is 15.3. The minimum absolute atomic E-state index is 0.0372. The van der Waals surface area contributed by atoms with Crippen molar-refractivity contribution in [2.75, 3.05) is 18.5 Å². The minimum atomic E-state index is -0.701. The van der Waals surface area contributed by atoms with Crippen molar-refractivity contribution in [1.82, 2.24) is 5.32 Å². The number of thiophene rings is 1. The largest absolute Gasteiger partial charge is 0.456 e. The molecule has 2 rings (SSSR count). The van der Waals surface area contributed by atoms with Crippen molar-refractivity contribution in [1.29, 1.82) is 0 Å². The zero-order valence-electron chi connectivity index (χ0n) is 13.8. The number of rotatable bonds is 8. The van der Waals surface area contributed by atoms with Gasteiger partial charge in [-0.2, -0.15) is 0 Å². The van der Waals surface area contributed by atoms with E-state index in [1.807, 2.05) is 0 Å². The van der Waals surface area contributed by atoms with E-state index in [0.29, 0.717) is 4.88 Å². The number of anilines is 1. The number of nitrogens with zero attached hydrogens (tertiary/aromatic N) is 1. The molecule has 0 spiro atoms. The second-order valence-electron chi connectivity index (χ2n) is 5.11. The lowest BCUT2D eigenvalue weighted by molar-refractivity contribution is -0.384. The molecule has 2 N–H and O–H groups in total. The molecular weight excluding hydrogens is 398 g/mol. The number of nitrogens with one attached hydrogen (secondary N) is 2. The summed E-state index contributed by atoms with van der Waals surface area (Å²) in [7, 11) is 0. The molecule has 0 aliphatic rings. The molecule has 27 heavy (non-hydrogen) atoms. The van der Waals surface area contributed by atoms with Crippen molar-refractivity contribution < 1.29 is 24.0 Å². The zero-order chi connectivity index (χ0) is 19.8. The van der Waals surface area contributed by atoms with Crippen LogP contribution in [0.1, 0.15) is 16.1 Å². The highest BCUT2D eigenvalue weighted by Gasteiger charge is 2.14. The van der Waals surface area contributed by atoms with Crippen molar-refractivity contribution >= 4 is 52.1 Å². The summed E-state index contributed by atoms with van der Waals surface area (Å²) in [4.78, 5) is 45.7. The van der Waals surface area contributed by atoms with Crippen LogP contribution in [0.15, 0.2) is 35.7 Å². The lowest BCUT2D eigenvalue weighted by Gasteiger charge is -2.08. The Balaban J connectivity index is 1.73. The van der Waals surface area contributed by atoms with Gasteiger partial charge in [0.1, 0.15) is 0 Å². The smallest absolute Gasteiger partial charge is 0.308 e. The van der Waals surface area contributed by atoms with Gasteiger partial charge in [0.25, 0.3) is 17.5 Å². The van der Waals surface area contributed by atoms with E-state index in [1.165, 1.54) is 23.5 Å². The van der Waals surface area contributed by atoms with E-state index in [-0.39, 0.29) is 35.3 Å². The number of ether oxygens (including phenoxy) is 1. The van der Waals surface area contributed by atoms with Crippen LogP contribution >= 0.6 is 22.9 Å². The van der Waals surface area contributed by atoms with E-state index < -0.39 is 23.4 Å². The first kappa shape index (κ1) is 20.3. The molecule has 0 bridgehead atoms. The van der Waals surface area contributed by atoms with Gasteiger partial charge in [-0.05, 0) is 17.5 Å². The standard InChI is InChI=1S/C16H14ClN3O6S/c17-11-4-3-10(20(24)25)8-12(11)19-14(21)9-26-15(22)5-6-18-16(23)13-2-1-7-27-13/h1-4,7-8H,5-6,9H2,(H,18,23)(H,19,21). The number of benzene rings is 1. The number of halogens is 1. The molecule has 1 aromatic heterocycles. The molecule has 0 radical (unpaired) electrons. The molecule has 9 nitrogen and oxygen atoms in total. The normalized spacial score (nSPS) is 10.1. The second kappa shape index (κ2) is 9.64. The van der Waals surface area contributed by atoms with Crippen LogP contribution in [0.3, 0.4) is 0 Å². The molecule has 2 aromatic rings. The molecule has 1 heterocycles. The molecule has 0 atom stereocenters. The topological polar surface area (TPSA) is 128 Å². The number of esters is 1. The maximum absolute atomic E-state index is 11.8. The Hall–Kier alpha value is -2.98. The Morgan fingerprint density at radius 2 is 2.04 bits per heavy atom. The van der Waals surface area contributed by atoms with E-state index in [9.17, 15) is 24.5 Å². The number of nitro benzene ring substituents is 1. The van der Waals surface area contributed by atoms with Crippen molar-refractivity contribution in [3.8, 4) is 0 Å². The van der Waals surface area contributed by atoms with Crippen LogP contribution in [0.4, 0.5) is 11.4 Å². The van der Waals surface area contributed by atoms with Gasteiger partial charge in [-0.15, -0.1) is 11.3 Å². The van der Waals surface area contributed by atoms with Crippen molar-refractivity contribution in [2.24, 2.45) is 0 Å². The quantitative estimate of drug-likeness (QED) is 0.390. The Morgan fingerprint density at radius 3 is 2.70 bits per heavy atom. The van der Waals surface area contributed by atoms with E-state index in [0.717, 1.165) is 6.07 Å². The first-order valence-electron chi connectivity index (χ1n) is 7.58. The first-order chi connectivity index (χ1) is 12.9. The summed E-state index contributed by atoms with van der Waals surface area (Å²) < 4.78 is 4.79. The summed E-state index contributed by atoms with van der Waals surface area (Å²) in [6.45, 7) is -0.523. The fraction of sp³-hybridized carbons (Fsp3) is 0.188. The first-order valence-corrected chi connectivity index (χ1v) is 8.83. The predicted molar refractivity (Wildman–Crippen MR) is 99.0 cm³/mol. The molecule has 0 unspecified atom stereocenters.